The molecule has 0 saturated carbocycles. The monoisotopic (exact) mass is 325 g/mol. The van der Waals surface area contributed by atoms with Crippen molar-refractivity contribution in [1.29, 1.82) is 0 Å². The lowest BCUT2D eigenvalue weighted by atomic mass is 9.92. The minimum atomic E-state index is -0.494. The molecule has 1 fully saturated rings. The summed E-state index contributed by atoms with van der Waals surface area (Å²) >= 11 is 0. The number of hydrogen-bond acceptors (Lipinski definition) is 4. The van der Waals surface area contributed by atoms with E-state index in [4.69, 9.17) is 10.5 Å². The van der Waals surface area contributed by atoms with Gasteiger partial charge in [0.05, 0.1) is 5.56 Å². The number of nitrogens with two attached hydrogens (primary N) is 1. The summed E-state index contributed by atoms with van der Waals surface area (Å²) < 4.78 is 5.87. The molecule has 0 unspecified atom stereocenters. The normalized spacial score (nSPS) is 16.0. The molecule has 1 amide bonds. The second-order valence-corrected chi connectivity index (χ2v) is 6.40. The van der Waals surface area contributed by atoms with Gasteiger partial charge in [0.15, 0.2) is 0 Å². The van der Waals surface area contributed by atoms with Crippen LogP contribution in [-0.4, -0.2) is 35.9 Å². The van der Waals surface area contributed by atoms with Gasteiger partial charge in [0, 0.05) is 18.0 Å². The van der Waals surface area contributed by atoms with Gasteiger partial charge < -0.3 is 15.4 Å². The topological polar surface area (TPSA) is 68.5 Å². The van der Waals surface area contributed by atoms with E-state index in [1.54, 1.807) is 30.5 Å². The van der Waals surface area contributed by atoms with Crippen LogP contribution in [-0.2, 0) is 6.42 Å². The third-order valence-electron chi connectivity index (χ3n) is 4.50. The number of amides is 1. The number of aromatic nitrogens is 1. The van der Waals surface area contributed by atoms with Gasteiger partial charge in [-0.2, -0.15) is 0 Å². The predicted molar refractivity (Wildman–Crippen MR) is 93.2 cm³/mol. The number of likely N-dealkylation sites (tertiary alicyclic amines) is 1. The molecule has 1 aromatic carbocycles. The summed E-state index contributed by atoms with van der Waals surface area (Å²) in [5.41, 5.74) is 6.80. The lowest BCUT2D eigenvalue weighted by Gasteiger charge is -2.28. The van der Waals surface area contributed by atoms with E-state index in [1.807, 2.05) is 12.1 Å². The molecule has 0 atom stereocenters. The lowest BCUT2D eigenvalue weighted by molar-refractivity contribution is 0.0998. The third-order valence-corrected chi connectivity index (χ3v) is 4.50. The summed E-state index contributed by atoms with van der Waals surface area (Å²) in [4.78, 5) is 18.3. The summed E-state index contributed by atoms with van der Waals surface area (Å²) in [5, 5.41) is 0. The molecule has 5 nitrogen and oxygen atoms in total. The first kappa shape index (κ1) is 16.5. The van der Waals surface area contributed by atoms with Crippen molar-refractivity contribution in [2.75, 3.05) is 20.1 Å². The van der Waals surface area contributed by atoms with Crippen LogP contribution in [0, 0.1) is 5.92 Å². The van der Waals surface area contributed by atoms with Crippen molar-refractivity contribution in [2.45, 2.75) is 19.3 Å². The zero-order valence-corrected chi connectivity index (χ0v) is 13.9. The van der Waals surface area contributed by atoms with Gasteiger partial charge in [0.1, 0.15) is 11.5 Å². The van der Waals surface area contributed by atoms with Crippen LogP contribution < -0.4 is 10.5 Å². The van der Waals surface area contributed by atoms with Crippen LogP contribution in [0.1, 0.15) is 28.9 Å². The van der Waals surface area contributed by atoms with Crippen LogP contribution in [0.15, 0.2) is 42.6 Å². The van der Waals surface area contributed by atoms with Crippen LogP contribution in [0.5, 0.6) is 11.5 Å². The van der Waals surface area contributed by atoms with Crippen LogP contribution >= 0.6 is 0 Å². The fraction of sp³-hybridized carbons (Fsp3) is 0.368. The van der Waals surface area contributed by atoms with Crippen molar-refractivity contribution in [1.82, 2.24) is 9.88 Å². The van der Waals surface area contributed by atoms with Crippen molar-refractivity contribution in [2.24, 2.45) is 11.7 Å². The Hall–Kier alpha value is -2.40. The second-order valence-electron chi connectivity index (χ2n) is 6.40. The maximum absolute atomic E-state index is 11.5. The number of benzene rings is 1. The molecule has 2 N–H and O–H groups in total. The van der Waals surface area contributed by atoms with Crippen molar-refractivity contribution in [3.8, 4) is 11.5 Å². The van der Waals surface area contributed by atoms with E-state index < -0.39 is 5.91 Å². The number of nitrogens with zero attached hydrogens (tertiary/aromatic N) is 2. The number of primary amides is 1. The Bertz CT molecular complexity index is 709. The number of carbonyl (C=O) groups is 1. The Morgan fingerprint density at radius 3 is 2.79 bits per heavy atom. The fourth-order valence-corrected chi connectivity index (χ4v) is 3.08. The summed E-state index contributed by atoms with van der Waals surface area (Å²) in [7, 11) is 2.17. The van der Waals surface area contributed by atoms with Crippen molar-refractivity contribution < 1.29 is 9.53 Å². The molecule has 1 aliphatic heterocycles. The van der Waals surface area contributed by atoms with E-state index in [-0.39, 0.29) is 0 Å². The molecule has 1 aromatic heterocycles. The van der Waals surface area contributed by atoms with Crippen molar-refractivity contribution in [3.63, 3.8) is 0 Å². The highest BCUT2D eigenvalue weighted by Gasteiger charge is 2.18. The number of rotatable bonds is 5. The first-order chi connectivity index (χ1) is 11.6. The Kier molecular flexibility index (Phi) is 5.11. The first-order valence-electron chi connectivity index (χ1n) is 8.32. The molecule has 0 radical (unpaired) electrons. The SMILES string of the molecule is CN1CCC(Cc2cc(Oc3ccccc3C(N)=O)ccn2)CC1. The Balaban J connectivity index is 1.71. The number of pyridine rings is 1. The number of para-hydroxylation sites is 1. The quantitative estimate of drug-likeness (QED) is 0.918. The number of hydrogen-bond donors (Lipinski definition) is 1. The van der Waals surface area contributed by atoms with E-state index in [0.717, 1.165) is 25.2 Å². The minimum absolute atomic E-state index is 0.381. The summed E-state index contributed by atoms with van der Waals surface area (Å²) in [6, 6.07) is 10.8. The van der Waals surface area contributed by atoms with E-state index in [9.17, 15) is 4.79 Å². The van der Waals surface area contributed by atoms with Crippen molar-refractivity contribution >= 4 is 5.91 Å². The van der Waals surface area contributed by atoms with Gasteiger partial charge >= 0.3 is 0 Å². The second kappa shape index (κ2) is 7.45. The summed E-state index contributed by atoms with van der Waals surface area (Å²) in [6.45, 7) is 2.29. The van der Waals surface area contributed by atoms with Crippen LogP contribution in [0.25, 0.3) is 0 Å². The molecule has 3 rings (SSSR count). The molecule has 1 aliphatic rings. The highest BCUT2D eigenvalue weighted by molar-refractivity contribution is 5.95. The summed E-state index contributed by atoms with van der Waals surface area (Å²) in [6.07, 6.45) is 5.12. The minimum Gasteiger partial charge on any atom is -0.456 e. The Morgan fingerprint density at radius 1 is 1.29 bits per heavy atom. The van der Waals surface area contributed by atoms with E-state index in [2.05, 4.69) is 16.9 Å². The average Bonchev–Trinajstić information content (AvgIpc) is 2.58. The van der Waals surface area contributed by atoms with E-state index >= 15 is 0 Å². The maximum atomic E-state index is 11.5. The van der Waals surface area contributed by atoms with E-state index in [1.165, 1.54) is 12.8 Å². The van der Waals surface area contributed by atoms with Crippen LogP contribution in [0.2, 0.25) is 0 Å². The van der Waals surface area contributed by atoms with Gasteiger partial charge in [0.2, 0.25) is 0 Å². The highest BCUT2D eigenvalue weighted by atomic mass is 16.5. The summed E-state index contributed by atoms with van der Waals surface area (Å²) in [5.74, 6) is 1.33. The van der Waals surface area contributed by atoms with Crippen LogP contribution in [0.3, 0.4) is 0 Å². The fourth-order valence-electron chi connectivity index (χ4n) is 3.08. The Labute approximate surface area is 142 Å². The highest BCUT2D eigenvalue weighted by Crippen LogP contribution is 2.27. The van der Waals surface area contributed by atoms with E-state index in [0.29, 0.717) is 23.0 Å². The number of carbonyl (C=O) groups excluding carboxylic acids is 1. The molecule has 0 bridgehead atoms. The third kappa shape index (κ3) is 4.11. The van der Waals surface area contributed by atoms with Gasteiger partial charge in [-0.05, 0) is 63.5 Å². The van der Waals surface area contributed by atoms with Gasteiger partial charge in [-0.1, -0.05) is 12.1 Å². The smallest absolute Gasteiger partial charge is 0.252 e. The molecule has 2 aromatic rings. The molecule has 0 spiro atoms. The molecule has 24 heavy (non-hydrogen) atoms. The van der Waals surface area contributed by atoms with Crippen LogP contribution in [0.4, 0.5) is 0 Å². The Morgan fingerprint density at radius 2 is 2.04 bits per heavy atom. The van der Waals surface area contributed by atoms with Gasteiger partial charge in [0.25, 0.3) is 5.91 Å². The first-order valence-corrected chi connectivity index (χ1v) is 8.32. The predicted octanol–water partition coefficient (Wildman–Crippen LogP) is 2.86. The maximum Gasteiger partial charge on any atom is 0.252 e. The standard InChI is InChI=1S/C19H23N3O2/c1-22-10-7-14(8-11-22)12-15-13-16(6-9-21-15)24-18-5-3-2-4-17(18)19(20)23/h2-6,9,13-14H,7-8,10-12H2,1H3,(H2,20,23). The molecule has 1 saturated heterocycles. The molecule has 0 aliphatic carbocycles. The van der Waals surface area contributed by atoms with Gasteiger partial charge in [-0.15, -0.1) is 0 Å². The average molecular weight is 325 g/mol. The molecule has 126 valence electrons. The zero-order valence-electron chi connectivity index (χ0n) is 13.9. The molecule has 2 heterocycles. The lowest BCUT2D eigenvalue weighted by Crippen LogP contribution is -2.31. The number of piperidine rings is 1. The molecular weight excluding hydrogens is 302 g/mol. The largest absolute Gasteiger partial charge is 0.456 e. The number of ether oxygens (including phenoxy) is 1. The van der Waals surface area contributed by atoms with Crippen molar-refractivity contribution in [3.05, 3.63) is 53.9 Å². The van der Waals surface area contributed by atoms with Gasteiger partial charge in [-0.25, -0.2) is 0 Å². The molecular formula is C19H23N3O2. The molecule has 5 heteroatoms. The van der Waals surface area contributed by atoms with Gasteiger partial charge in [-0.3, -0.25) is 9.78 Å². The zero-order chi connectivity index (χ0) is 16.9.